The first kappa shape index (κ1) is 19.8. The van der Waals surface area contributed by atoms with Gasteiger partial charge in [-0.25, -0.2) is 4.79 Å². The van der Waals surface area contributed by atoms with Crippen molar-refractivity contribution in [3.63, 3.8) is 0 Å². The van der Waals surface area contributed by atoms with Crippen molar-refractivity contribution in [2.45, 2.75) is 19.6 Å². The summed E-state index contributed by atoms with van der Waals surface area (Å²) in [5.74, 6) is 0.423. The Morgan fingerprint density at radius 2 is 1.77 bits per heavy atom. The van der Waals surface area contributed by atoms with Crippen molar-refractivity contribution >= 4 is 40.6 Å². The van der Waals surface area contributed by atoms with Crippen LogP contribution in [0.5, 0.6) is 5.75 Å². The van der Waals surface area contributed by atoms with Crippen LogP contribution >= 0.6 is 11.6 Å². The Labute approximate surface area is 179 Å². The normalized spacial score (nSPS) is 15.2. The topological polar surface area (TPSA) is 70.7 Å². The summed E-state index contributed by atoms with van der Waals surface area (Å²) < 4.78 is 5.75. The van der Waals surface area contributed by atoms with Gasteiger partial charge in [0.05, 0.1) is 12.2 Å². The van der Waals surface area contributed by atoms with E-state index in [9.17, 15) is 9.59 Å². The predicted molar refractivity (Wildman–Crippen MR) is 118 cm³/mol. The third kappa shape index (κ3) is 4.39. The van der Waals surface area contributed by atoms with Gasteiger partial charge in [0.2, 0.25) is 0 Å². The van der Waals surface area contributed by atoms with E-state index in [-0.39, 0.29) is 11.9 Å². The summed E-state index contributed by atoms with van der Waals surface area (Å²) in [6.45, 7) is 2.06. The van der Waals surface area contributed by atoms with Crippen LogP contribution in [0.15, 0.2) is 72.8 Å². The Kier molecular flexibility index (Phi) is 5.59. The molecule has 3 aromatic rings. The molecule has 0 saturated carbocycles. The molecule has 3 aromatic carbocycles. The Balaban J connectivity index is 1.57. The number of urea groups is 1. The maximum atomic E-state index is 12.8. The van der Waals surface area contributed by atoms with Crippen LogP contribution in [0.4, 0.5) is 21.9 Å². The quantitative estimate of drug-likeness (QED) is 0.600. The molecule has 6 nitrogen and oxygen atoms in total. The second-order valence-electron chi connectivity index (χ2n) is 6.94. The van der Waals surface area contributed by atoms with Gasteiger partial charge in [0.25, 0.3) is 5.91 Å². The Morgan fingerprint density at radius 1 is 1.00 bits per heavy atom. The minimum absolute atomic E-state index is 0.159. The summed E-state index contributed by atoms with van der Waals surface area (Å²) in [6.07, 6.45) is -0.600. The lowest BCUT2D eigenvalue weighted by Gasteiger charge is -2.33. The van der Waals surface area contributed by atoms with Crippen LogP contribution in [0, 0.1) is 0 Å². The second-order valence-corrected chi connectivity index (χ2v) is 7.38. The van der Waals surface area contributed by atoms with Gasteiger partial charge in [-0.15, -0.1) is 0 Å². The molecule has 7 heteroatoms. The van der Waals surface area contributed by atoms with Crippen LogP contribution in [-0.2, 0) is 11.3 Å². The van der Waals surface area contributed by atoms with Gasteiger partial charge in [0.1, 0.15) is 5.75 Å². The fourth-order valence-corrected chi connectivity index (χ4v) is 3.49. The monoisotopic (exact) mass is 421 g/mol. The van der Waals surface area contributed by atoms with Crippen molar-refractivity contribution in [3.8, 4) is 5.75 Å². The van der Waals surface area contributed by atoms with Crippen molar-refractivity contribution in [1.29, 1.82) is 0 Å². The Morgan fingerprint density at radius 3 is 2.53 bits per heavy atom. The van der Waals surface area contributed by atoms with E-state index in [0.29, 0.717) is 34.4 Å². The number of halogens is 1. The molecule has 0 aliphatic carbocycles. The highest BCUT2D eigenvalue weighted by atomic mass is 35.5. The lowest BCUT2D eigenvalue weighted by molar-refractivity contribution is -0.125. The molecular formula is C23H20ClN3O3. The molecule has 1 aliphatic rings. The molecule has 1 atom stereocenters. The van der Waals surface area contributed by atoms with E-state index in [1.54, 1.807) is 48.2 Å². The van der Waals surface area contributed by atoms with Crippen LogP contribution in [0.25, 0.3) is 0 Å². The molecule has 0 saturated heterocycles. The molecule has 0 radical (unpaired) electrons. The van der Waals surface area contributed by atoms with Crippen LogP contribution in [0.3, 0.4) is 0 Å². The lowest BCUT2D eigenvalue weighted by atomic mass is 10.1. The molecule has 0 aromatic heterocycles. The zero-order valence-corrected chi connectivity index (χ0v) is 17.0. The predicted octanol–water partition coefficient (Wildman–Crippen LogP) is 5.30. The van der Waals surface area contributed by atoms with Crippen molar-refractivity contribution in [3.05, 3.63) is 83.4 Å². The van der Waals surface area contributed by atoms with Gasteiger partial charge in [0, 0.05) is 16.4 Å². The third-order valence-corrected chi connectivity index (χ3v) is 4.92. The molecule has 4 rings (SSSR count). The number of nitrogens with one attached hydrogen (secondary N) is 2. The highest BCUT2D eigenvalue weighted by molar-refractivity contribution is 6.30. The molecule has 30 heavy (non-hydrogen) atoms. The third-order valence-electron chi connectivity index (χ3n) is 4.69. The molecule has 1 unspecified atom stereocenters. The SMILES string of the molecule is CC1Oc2ccc(NC(=O)Nc3ccccc3)cc2N(Cc2cccc(Cl)c2)C1=O. The number of nitrogens with zero attached hydrogens (tertiary/aromatic N) is 1. The van der Waals surface area contributed by atoms with Gasteiger partial charge < -0.3 is 20.3 Å². The summed E-state index contributed by atoms with van der Waals surface area (Å²) in [6, 6.07) is 21.4. The first-order valence-corrected chi connectivity index (χ1v) is 9.87. The molecule has 0 spiro atoms. The highest BCUT2D eigenvalue weighted by Crippen LogP contribution is 2.37. The summed E-state index contributed by atoms with van der Waals surface area (Å²) >= 11 is 6.09. The van der Waals surface area contributed by atoms with Crippen LogP contribution in [0.1, 0.15) is 12.5 Å². The molecular weight excluding hydrogens is 402 g/mol. The number of fused-ring (bicyclic) bond motifs is 1. The lowest BCUT2D eigenvalue weighted by Crippen LogP contribution is -2.44. The van der Waals surface area contributed by atoms with Crippen LogP contribution in [0.2, 0.25) is 5.02 Å². The molecule has 2 N–H and O–H groups in total. The van der Waals surface area contributed by atoms with Crippen molar-refractivity contribution < 1.29 is 14.3 Å². The minimum Gasteiger partial charge on any atom is -0.479 e. The van der Waals surface area contributed by atoms with Gasteiger partial charge in [0.15, 0.2) is 6.10 Å². The molecule has 0 bridgehead atoms. The van der Waals surface area contributed by atoms with Crippen LogP contribution in [-0.4, -0.2) is 18.0 Å². The summed E-state index contributed by atoms with van der Waals surface area (Å²) in [4.78, 5) is 26.8. The standard InChI is InChI=1S/C23H20ClN3O3/c1-15-22(28)27(14-16-6-5-7-17(24)12-16)20-13-19(10-11-21(20)30-15)26-23(29)25-18-8-3-2-4-9-18/h2-13,15H,14H2,1H3,(H2,25,26,29). The number of hydrogen-bond acceptors (Lipinski definition) is 3. The fraction of sp³-hybridized carbons (Fsp3) is 0.130. The maximum absolute atomic E-state index is 12.8. The Hall–Kier alpha value is -3.51. The Bertz CT molecular complexity index is 1090. The number of anilines is 3. The van der Waals surface area contributed by atoms with E-state index < -0.39 is 6.10 Å². The molecule has 152 valence electrons. The average Bonchev–Trinajstić information content (AvgIpc) is 2.72. The van der Waals surface area contributed by atoms with E-state index in [2.05, 4.69) is 10.6 Å². The average molecular weight is 422 g/mol. The zero-order chi connectivity index (χ0) is 21.1. The van der Waals surface area contributed by atoms with E-state index >= 15 is 0 Å². The summed E-state index contributed by atoms with van der Waals surface area (Å²) in [5.41, 5.74) is 2.72. The van der Waals surface area contributed by atoms with E-state index in [1.807, 2.05) is 36.4 Å². The van der Waals surface area contributed by atoms with E-state index in [0.717, 1.165) is 5.56 Å². The van der Waals surface area contributed by atoms with E-state index in [4.69, 9.17) is 16.3 Å². The smallest absolute Gasteiger partial charge is 0.323 e. The van der Waals surface area contributed by atoms with Crippen LogP contribution < -0.4 is 20.3 Å². The second kappa shape index (κ2) is 8.47. The number of hydrogen-bond donors (Lipinski definition) is 2. The van der Waals surface area contributed by atoms with Gasteiger partial charge >= 0.3 is 6.03 Å². The maximum Gasteiger partial charge on any atom is 0.323 e. The van der Waals surface area contributed by atoms with Gasteiger partial charge in [-0.1, -0.05) is 41.9 Å². The number of ether oxygens (including phenoxy) is 1. The highest BCUT2D eigenvalue weighted by Gasteiger charge is 2.31. The number of rotatable bonds is 4. The number of amides is 3. The first-order valence-electron chi connectivity index (χ1n) is 9.49. The summed E-state index contributed by atoms with van der Waals surface area (Å²) in [5, 5.41) is 6.17. The van der Waals surface area contributed by atoms with E-state index in [1.165, 1.54) is 0 Å². The van der Waals surface area contributed by atoms with Crippen molar-refractivity contribution in [2.75, 3.05) is 15.5 Å². The van der Waals surface area contributed by atoms with Gasteiger partial charge in [-0.05, 0) is 55.0 Å². The number of carbonyl (C=O) groups excluding carboxylic acids is 2. The molecule has 1 aliphatic heterocycles. The number of para-hydroxylation sites is 1. The molecule has 1 heterocycles. The summed E-state index contributed by atoms with van der Waals surface area (Å²) in [7, 11) is 0. The number of carbonyl (C=O) groups is 2. The molecule has 0 fully saturated rings. The van der Waals surface area contributed by atoms with Gasteiger partial charge in [-0.2, -0.15) is 0 Å². The van der Waals surface area contributed by atoms with Crippen molar-refractivity contribution in [2.24, 2.45) is 0 Å². The first-order chi connectivity index (χ1) is 14.5. The zero-order valence-electron chi connectivity index (χ0n) is 16.3. The fourth-order valence-electron chi connectivity index (χ4n) is 3.28. The van der Waals surface area contributed by atoms with Gasteiger partial charge in [-0.3, -0.25) is 4.79 Å². The minimum atomic E-state index is -0.600. The molecule has 3 amide bonds. The van der Waals surface area contributed by atoms with Crippen molar-refractivity contribution in [1.82, 2.24) is 0 Å². The number of benzene rings is 3. The largest absolute Gasteiger partial charge is 0.479 e.